The van der Waals surface area contributed by atoms with Crippen molar-refractivity contribution < 1.29 is 10.2 Å². The first-order valence-corrected chi connectivity index (χ1v) is 12.7. The van der Waals surface area contributed by atoms with Gasteiger partial charge in [-0.3, -0.25) is 0 Å². The summed E-state index contributed by atoms with van der Waals surface area (Å²) >= 11 is 0. The van der Waals surface area contributed by atoms with E-state index in [1.54, 1.807) is 5.57 Å². The average molecular weight is 417 g/mol. The maximum Gasteiger partial charge on any atom is 0.0591 e. The molecule has 0 spiro atoms. The highest BCUT2D eigenvalue weighted by Crippen LogP contribution is 2.64. The number of hydrogen-bond acceptors (Lipinski definition) is 2. The molecular weight excluding hydrogens is 368 g/mol. The van der Waals surface area contributed by atoms with Gasteiger partial charge >= 0.3 is 0 Å². The summed E-state index contributed by atoms with van der Waals surface area (Å²) in [4.78, 5) is 0. The van der Waals surface area contributed by atoms with E-state index < -0.39 is 5.60 Å². The van der Waals surface area contributed by atoms with Crippen LogP contribution in [0.15, 0.2) is 24.3 Å². The lowest BCUT2D eigenvalue weighted by molar-refractivity contribution is 0.00561. The fourth-order valence-electron chi connectivity index (χ4n) is 7.76. The van der Waals surface area contributed by atoms with Gasteiger partial charge in [-0.15, -0.1) is 0 Å². The van der Waals surface area contributed by atoms with Crippen molar-refractivity contribution in [3.05, 3.63) is 24.3 Å². The number of hydrogen-bond donors (Lipinski definition) is 2. The summed E-state index contributed by atoms with van der Waals surface area (Å²) in [6.45, 7) is 15.5. The van der Waals surface area contributed by atoms with Crippen molar-refractivity contribution in [1.82, 2.24) is 0 Å². The van der Waals surface area contributed by atoms with Gasteiger partial charge < -0.3 is 10.2 Å². The number of allylic oxidation sites excluding steroid dienone is 3. The molecule has 3 aliphatic carbocycles. The molecule has 0 bridgehead atoms. The minimum absolute atomic E-state index is 0.0839. The summed E-state index contributed by atoms with van der Waals surface area (Å²) in [5, 5.41) is 20.2. The zero-order chi connectivity index (χ0) is 22.2. The summed E-state index contributed by atoms with van der Waals surface area (Å²) < 4.78 is 0. The van der Waals surface area contributed by atoms with Crippen LogP contribution in [0, 0.1) is 34.5 Å². The predicted molar refractivity (Wildman–Crippen MR) is 127 cm³/mol. The van der Waals surface area contributed by atoms with Crippen LogP contribution in [-0.2, 0) is 0 Å². The van der Waals surface area contributed by atoms with E-state index in [2.05, 4.69) is 33.4 Å². The minimum Gasteiger partial charge on any atom is -0.393 e. The molecule has 3 aliphatic rings. The summed E-state index contributed by atoms with van der Waals surface area (Å²) in [7, 11) is 0. The SMILES string of the molecule is C=C/C=C1/C2CC[C@H]([C@H](C)CCCC(C)(C)O)[C@@]2(C)CCC1[C@]1(C)CC[C@@H](O)CC1. The van der Waals surface area contributed by atoms with Crippen LogP contribution in [0.1, 0.15) is 105 Å². The van der Waals surface area contributed by atoms with E-state index in [0.717, 1.165) is 50.4 Å². The number of aliphatic hydroxyl groups excluding tert-OH is 1. The largest absolute Gasteiger partial charge is 0.393 e. The van der Waals surface area contributed by atoms with Crippen LogP contribution in [0.2, 0.25) is 0 Å². The Kier molecular flexibility index (Phi) is 7.30. The standard InChI is InChI=1S/C28H48O2/c1-7-9-22-24(27(5)17-13-21(29)14-18-27)15-19-28(6)23(11-12-25(22)28)20(2)10-8-16-26(3,4)30/h7,9,20-21,23-25,29-30H,1,8,10-19H2,2-6H3/b22-9+/t20-,21-,23-,24?,25?,27-,28-/m1/s1. The van der Waals surface area contributed by atoms with Crippen LogP contribution in [0.5, 0.6) is 0 Å². The fourth-order valence-corrected chi connectivity index (χ4v) is 7.76. The van der Waals surface area contributed by atoms with Gasteiger partial charge in [0, 0.05) is 0 Å². The molecule has 0 aromatic carbocycles. The molecule has 5 atom stereocenters. The second-order valence-corrected chi connectivity index (χ2v) is 12.3. The number of fused-ring (bicyclic) bond motifs is 1. The zero-order valence-corrected chi connectivity index (χ0v) is 20.4. The molecule has 0 aliphatic heterocycles. The average Bonchev–Trinajstić information content (AvgIpc) is 3.01. The van der Waals surface area contributed by atoms with Gasteiger partial charge in [0.05, 0.1) is 11.7 Å². The van der Waals surface area contributed by atoms with Gasteiger partial charge in [-0.1, -0.05) is 57.9 Å². The van der Waals surface area contributed by atoms with E-state index in [-0.39, 0.29) is 6.10 Å². The van der Waals surface area contributed by atoms with Gasteiger partial charge in [0.15, 0.2) is 0 Å². The van der Waals surface area contributed by atoms with E-state index in [1.807, 2.05) is 19.9 Å². The van der Waals surface area contributed by atoms with Crippen molar-refractivity contribution in [2.24, 2.45) is 34.5 Å². The molecule has 2 unspecified atom stereocenters. The normalized spacial score (nSPS) is 42.2. The first-order valence-electron chi connectivity index (χ1n) is 12.7. The quantitative estimate of drug-likeness (QED) is 0.466. The first-order chi connectivity index (χ1) is 14.0. The molecule has 2 heteroatoms. The van der Waals surface area contributed by atoms with Crippen LogP contribution in [-0.4, -0.2) is 21.9 Å². The maximum absolute atomic E-state index is 10.1. The molecule has 2 N–H and O–H groups in total. The van der Waals surface area contributed by atoms with Gasteiger partial charge in [-0.05, 0) is 106 Å². The van der Waals surface area contributed by atoms with Crippen molar-refractivity contribution in [3.8, 4) is 0 Å². The molecule has 0 amide bonds. The topological polar surface area (TPSA) is 40.5 Å². The Labute approximate surface area is 186 Å². The van der Waals surface area contributed by atoms with Crippen molar-refractivity contribution in [2.45, 2.75) is 117 Å². The van der Waals surface area contributed by atoms with Gasteiger partial charge in [0.25, 0.3) is 0 Å². The number of rotatable bonds is 7. The third-order valence-corrected chi connectivity index (χ3v) is 9.57. The highest BCUT2D eigenvalue weighted by Gasteiger charge is 2.55. The van der Waals surface area contributed by atoms with E-state index >= 15 is 0 Å². The van der Waals surface area contributed by atoms with E-state index in [9.17, 15) is 10.2 Å². The molecular formula is C28H48O2. The van der Waals surface area contributed by atoms with Gasteiger partial charge in [0.1, 0.15) is 0 Å². The summed E-state index contributed by atoms with van der Waals surface area (Å²) in [6.07, 6.45) is 17.2. The lowest BCUT2D eigenvalue weighted by atomic mass is 9.52. The Bertz CT molecular complexity index is 619. The molecule has 3 fully saturated rings. The Balaban J connectivity index is 1.74. The smallest absolute Gasteiger partial charge is 0.0591 e. The van der Waals surface area contributed by atoms with Crippen LogP contribution < -0.4 is 0 Å². The van der Waals surface area contributed by atoms with E-state index in [0.29, 0.717) is 22.7 Å². The summed E-state index contributed by atoms with van der Waals surface area (Å²) in [5.41, 5.74) is 1.89. The van der Waals surface area contributed by atoms with Gasteiger partial charge in [0.2, 0.25) is 0 Å². The molecule has 3 rings (SSSR count). The molecule has 0 heterocycles. The highest BCUT2D eigenvalue weighted by molar-refractivity contribution is 5.27. The molecule has 3 saturated carbocycles. The Morgan fingerprint density at radius 2 is 1.73 bits per heavy atom. The molecule has 172 valence electrons. The van der Waals surface area contributed by atoms with Crippen LogP contribution in [0.4, 0.5) is 0 Å². The van der Waals surface area contributed by atoms with Crippen LogP contribution in [0.25, 0.3) is 0 Å². The van der Waals surface area contributed by atoms with Crippen LogP contribution in [0.3, 0.4) is 0 Å². The lowest BCUT2D eigenvalue weighted by Crippen LogP contribution is -2.44. The third kappa shape index (κ3) is 4.90. The number of aliphatic hydroxyl groups is 2. The fraction of sp³-hybridized carbons (Fsp3) is 0.857. The van der Waals surface area contributed by atoms with E-state index in [1.165, 1.54) is 32.1 Å². The summed E-state index contributed by atoms with van der Waals surface area (Å²) in [6, 6.07) is 0. The zero-order valence-electron chi connectivity index (χ0n) is 20.4. The van der Waals surface area contributed by atoms with Crippen molar-refractivity contribution >= 4 is 0 Å². The molecule has 0 aromatic rings. The maximum atomic E-state index is 10.1. The molecule has 0 saturated heterocycles. The second kappa shape index (κ2) is 9.10. The van der Waals surface area contributed by atoms with Crippen molar-refractivity contribution in [3.63, 3.8) is 0 Å². The molecule has 0 aromatic heterocycles. The Morgan fingerprint density at radius 1 is 1.07 bits per heavy atom. The third-order valence-electron chi connectivity index (χ3n) is 9.57. The van der Waals surface area contributed by atoms with E-state index in [4.69, 9.17) is 0 Å². The molecule has 30 heavy (non-hydrogen) atoms. The van der Waals surface area contributed by atoms with Crippen LogP contribution >= 0.6 is 0 Å². The summed E-state index contributed by atoms with van der Waals surface area (Å²) in [5.74, 6) is 2.87. The monoisotopic (exact) mass is 416 g/mol. The Morgan fingerprint density at radius 3 is 2.33 bits per heavy atom. The first kappa shape index (κ1) is 24.1. The highest BCUT2D eigenvalue weighted by atomic mass is 16.3. The van der Waals surface area contributed by atoms with Crippen molar-refractivity contribution in [2.75, 3.05) is 0 Å². The second-order valence-electron chi connectivity index (χ2n) is 12.3. The van der Waals surface area contributed by atoms with Crippen molar-refractivity contribution in [1.29, 1.82) is 0 Å². The predicted octanol–water partition coefficient (Wildman–Crippen LogP) is 7.06. The van der Waals surface area contributed by atoms with Gasteiger partial charge in [-0.25, -0.2) is 0 Å². The molecule has 2 nitrogen and oxygen atoms in total. The van der Waals surface area contributed by atoms with Gasteiger partial charge in [-0.2, -0.15) is 0 Å². The Hall–Kier alpha value is -0.600. The minimum atomic E-state index is -0.539. The molecule has 0 radical (unpaired) electrons. The lowest BCUT2D eigenvalue weighted by Gasteiger charge is -2.53.